The van der Waals surface area contributed by atoms with E-state index < -0.39 is 17.5 Å². The van der Waals surface area contributed by atoms with Crippen molar-refractivity contribution in [3.63, 3.8) is 0 Å². The molecule has 30 heavy (non-hydrogen) atoms. The van der Waals surface area contributed by atoms with Gasteiger partial charge in [0.05, 0.1) is 5.69 Å². The van der Waals surface area contributed by atoms with Gasteiger partial charge in [0.25, 0.3) is 5.91 Å². The van der Waals surface area contributed by atoms with E-state index in [0.29, 0.717) is 22.0 Å². The minimum Gasteiger partial charge on any atom is -0.346 e. The van der Waals surface area contributed by atoms with Gasteiger partial charge in [-0.05, 0) is 54.1 Å². The summed E-state index contributed by atoms with van der Waals surface area (Å²) in [5, 5.41) is 11.3. The maximum Gasteiger partial charge on any atom is 0.274 e. The Morgan fingerprint density at radius 1 is 1.07 bits per heavy atom. The second-order valence-electron chi connectivity index (χ2n) is 6.38. The van der Waals surface area contributed by atoms with Crippen molar-refractivity contribution in [2.24, 2.45) is 0 Å². The van der Waals surface area contributed by atoms with Crippen molar-refractivity contribution < 1.29 is 13.6 Å². The zero-order chi connectivity index (χ0) is 21.1. The molecule has 1 N–H and O–H groups in total. The number of aromatic nitrogens is 4. The number of carbonyl (C=O) groups is 1. The molecule has 2 heterocycles. The SMILES string of the molecule is O=C(NCc1cc(F)cc(F)c1)c1nnn(-c2ccc(Cl)cc2)c1-c1cccnc1. The first kappa shape index (κ1) is 19.7. The van der Waals surface area contributed by atoms with Gasteiger partial charge in [-0.15, -0.1) is 5.10 Å². The number of carbonyl (C=O) groups excluding carboxylic acids is 1. The molecule has 150 valence electrons. The van der Waals surface area contributed by atoms with Crippen LogP contribution in [-0.4, -0.2) is 25.9 Å². The van der Waals surface area contributed by atoms with E-state index in [1.807, 2.05) is 0 Å². The first-order chi connectivity index (χ1) is 14.5. The van der Waals surface area contributed by atoms with Crippen LogP contribution in [0.15, 0.2) is 67.0 Å². The number of pyridine rings is 1. The molecule has 0 aliphatic carbocycles. The van der Waals surface area contributed by atoms with Crippen LogP contribution in [0, 0.1) is 11.6 Å². The Hall–Kier alpha value is -3.65. The Labute approximate surface area is 175 Å². The van der Waals surface area contributed by atoms with Gasteiger partial charge in [0, 0.05) is 35.6 Å². The molecule has 2 aromatic heterocycles. The van der Waals surface area contributed by atoms with E-state index in [1.54, 1.807) is 48.8 Å². The zero-order valence-electron chi connectivity index (χ0n) is 15.4. The summed E-state index contributed by atoms with van der Waals surface area (Å²) < 4.78 is 28.3. The molecule has 0 saturated heterocycles. The van der Waals surface area contributed by atoms with Crippen molar-refractivity contribution in [1.82, 2.24) is 25.3 Å². The first-order valence-electron chi connectivity index (χ1n) is 8.86. The summed E-state index contributed by atoms with van der Waals surface area (Å²) in [6.07, 6.45) is 3.20. The van der Waals surface area contributed by atoms with E-state index in [-0.39, 0.29) is 17.8 Å². The average molecular weight is 426 g/mol. The van der Waals surface area contributed by atoms with Crippen LogP contribution in [0.4, 0.5) is 8.78 Å². The van der Waals surface area contributed by atoms with E-state index in [0.717, 1.165) is 18.2 Å². The minimum atomic E-state index is -0.719. The average Bonchev–Trinajstić information content (AvgIpc) is 3.18. The molecule has 0 fully saturated rings. The number of hydrogen-bond donors (Lipinski definition) is 1. The number of halogens is 3. The molecular formula is C21H14ClF2N5O. The van der Waals surface area contributed by atoms with Gasteiger partial charge in [-0.3, -0.25) is 9.78 Å². The van der Waals surface area contributed by atoms with Crippen LogP contribution in [-0.2, 0) is 6.54 Å². The Morgan fingerprint density at radius 2 is 1.80 bits per heavy atom. The lowest BCUT2D eigenvalue weighted by atomic mass is 10.1. The van der Waals surface area contributed by atoms with Crippen LogP contribution in [0.3, 0.4) is 0 Å². The summed E-state index contributed by atoms with van der Waals surface area (Å²) in [6.45, 7) is -0.0756. The third-order valence-electron chi connectivity index (χ3n) is 4.27. The van der Waals surface area contributed by atoms with Crippen molar-refractivity contribution >= 4 is 17.5 Å². The van der Waals surface area contributed by atoms with Gasteiger partial charge in [-0.2, -0.15) is 0 Å². The van der Waals surface area contributed by atoms with Crippen LogP contribution in [0.5, 0.6) is 0 Å². The standard InChI is InChI=1S/C21H14ClF2N5O/c22-15-3-5-18(6-4-15)29-20(14-2-1-7-25-12-14)19(27-28-29)21(30)26-11-13-8-16(23)10-17(24)9-13/h1-10,12H,11H2,(H,26,30). The van der Waals surface area contributed by atoms with E-state index in [1.165, 1.54) is 4.68 Å². The molecule has 6 nitrogen and oxygen atoms in total. The van der Waals surface area contributed by atoms with Crippen molar-refractivity contribution in [1.29, 1.82) is 0 Å². The number of amides is 1. The molecule has 1 amide bonds. The van der Waals surface area contributed by atoms with Gasteiger partial charge >= 0.3 is 0 Å². The number of nitrogens with one attached hydrogen (secondary N) is 1. The highest BCUT2D eigenvalue weighted by Crippen LogP contribution is 2.25. The van der Waals surface area contributed by atoms with Crippen molar-refractivity contribution in [3.8, 4) is 16.9 Å². The van der Waals surface area contributed by atoms with E-state index in [9.17, 15) is 13.6 Å². The van der Waals surface area contributed by atoms with Crippen molar-refractivity contribution in [3.05, 3.63) is 94.9 Å². The summed E-state index contributed by atoms with van der Waals surface area (Å²) in [4.78, 5) is 16.9. The quantitative estimate of drug-likeness (QED) is 0.520. The smallest absolute Gasteiger partial charge is 0.274 e. The molecular weight excluding hydrogens is 412 g/mol. The topological polar surface area (TPSA) is 72.7 Å². The lowest BCUT2D eigenvalue weighted by Crippen LogP contribution is -2.24. The van der Waals surface area contributed by atoms with Gasteiger partial charge in [-0.1, -0.05) is 16.8 Å². The largest absolute Gasteiger partial charge is 0.346 e. The highest BCUT2D eigenvalue weighted by molar-refractivity contribution is 6.30. The molecule has 0 aliphatic rings. The lowest BCUT2D eigenvalue weighted by molar-refractivity contribution is 0.0946. The van der Waals surface area contributed by atoms with Crippen molar-refractivity contribution in [2.45, 2.75) is 6.54 Å². The number of nitrogens with zero attached hydrogens (tertiary/aromatic N) is 4. The predicted molar refractivity (Wildman–Crippen MR) is 107 cm³/mol. The number of hydrogen-bond acceptors (Lipinski definition) is 4. The molecule has 0 spiro atoms. The Morgan fingerprint density at radius 3 is 2.47 bits per heavy atom. The van der Waals surface area contributed by atoms with Gasteiger partial charge in [0.2, 0.25) is 0 Å². The van der Waals surface area contributed by atoms with Gasteiger partial charge in [0.1, 0.15) is 17.3 Å². The van der Waals surface area contributed by atoms with E-state index >= 15 is 0 Å². The molecule has 0 aliphatic heterocycles. The molecule has 9 heteroatoms. The summed E-state index contributed by atoms with van der Waals surface area (Å²) >= 11 is 5.96. The maximum absolute atomic E-state index is 13.4. The second kappa shape index (κ2) is 8.38. The highest BCUT2D eigenvalue weighted by atomic mass is 35.5. The van der Waals surface area contributed by atoms with Gasteiger partial charge < -0.3 is 5.32 Å². The minimum absolute atomic E-state index is 0.0508. The highest BCUT2D eigenvalue weighted by Gasteiger charge is 2.22. The van der Waals surface area contributed by atoms with Gasteiger partial charge in [0.15, 0.2) is 5.69 Å². The predicted octanol–water partition coefficient (Wildman–Crippen LogP) is 4.19. The molecule has 0 radical (unpaired) electrons. The van der Waals surface area contributed by atoms with Crippen LogP contribution in [0.1, 0.15) is 16.1 Å². The number of benzene rings is 2. The molecule has 0 bridgehead atoms. The zero-order valence-corrected chi connectivity index (χ0v) is 16.1. The molecule has 2 aromatic carbocycles. The fraction of sp³-hybridized carbons (Fsp3) is 0.0476. The van der Waals surface area contributed by atoms with Gasteiger partial charge in [-0.25, -0.2) is 13.5 Å². The Kier molecular flexibility index (Phi) is 5.49. The first-order valence-corrected chi connectivity index (χ1v) is 9.24. The van der Waals surface area contributed by atoms with Crippen LogP contribution >= 0.6 is 11.6 Å². The molecule has 0 unspecified atom stereocenters. The third kappa shape index (κ3) is 4.18. The van der Waals surface area contributed by atoms with Crippen molar-refractivity contribution in [2.75, 3.05) is 0 Å². The number of rotatable bonds is 5. The maximum atomic E-state index is 13.4. The van der Waals surface area contributed by atoms with E-state index in [2.05, 4.69) is 20.6 Å². The Balaban J connectivity index is 1.68. The second-order valence-corrected chi connectivity index (χ2v) is 6.81. The summed E-state index contributed by atoms with van der Waals surface area (Å²) in [6, 6.07) is 13.5. The Bertz CT molecular complexity index is 1180. The molecule has 0 atom stereocenters. The van der Waals surface area contributed by atoms with E-state index in [4.69, 9.17) is 11.6 Å². The van der Waals surface area contributed by atoms with Crippen LogP contribution < -0.4 is 5.32 Å². The monoisotopic (exact) mass is 425 g/mol. The normalized spacial score (nSPS) is 10.8. The fourth-order valence-electron chi connectivity index (χ4n) is 2.94. The lowest BCUT2D eigenvalue weighted by Gasteiger charge is -2.09. The molecule has 4 aromatic rings. The van der Waals surface area contributed by atoms with Crippen LogP contribution in [0.25, 0.3) is 16.9 Å². The summed E-state index contributed by atoms with van der Waals surface area (Å²) in [5.74, 6) is -1.98. The van der Waals surface area contributed by atoms with Crippen LogP contribution in [0.2, 0.25) is 5.02 Å². The molecule has 0 saturated carbocycles. The fourth-order valence-corrected chi connectivity index (χ4v) is 3.06. The molecule has 4 rings (SSSR count). The third-order valence-corrected chi connectivity index (χ3v) is 4.52. The summed E-state index contributed by atoms with van der Waals surface area (Å²) in [5.41, 5.74) is 2.04. The summed E-state index contributed by atoms with van der Waals surface area (Å²) in [7, 11) is 0.